The molecule has 1 nitrogen and oxygen atoms in total. The lowest BCUT2D eigenvalue weighted by Crippen LogP contribution is -1.83. The lowest BCUT2D eigenvalue weighted by atomic mass is 10.1. The van der Waals surface area contributed by atoms with E-state index in [2.05, 4.69) is 6.92 Å². The predicted molar refractivity (Wildman–Crippen MR) is 68.8 cm³/mol. The molecule has 1 heterocycles. The highest BCUT2D eigenvalue weighted by Crippen LogP contribution is 2.25. The Hall–Kier alpha value is -0.950. The molecule has 0 unspecified atom stereocenters. The maximum atomic E-state index is 5.92. The molecule has 1 radical (unpaired) electrons. The molecule has 0 aliphatic carbocycles. The summed E-state index contributed by atoms with van der Waals surface area (Å²) in [6.07, 6.45) is 7.40. The summed E-state index contributed by atoms with van der Waals surface area (Å²) in [6.45, 7) is 3.84. The number of hydrogen-bond donors (Lipinski definition) is 0. The number of rotatable bonds is 5. The first-order chi connectivity index (χ1) is 7.81. The Morgan fingerprint density at radius 1 is 1.19 bits per heavy atom. The molecule has 0 aliphatic rings. The van der Waals surface area contributed by atoms with Gasteiger partial charge in [-0.3, -0.25) is 0 Å². The monoisotopic (exact) mass is 235 g/mol. The fourth-order valence-corrected chi connectivity index (χ4v) is 2.10. The Morgan fingerprint density at radius 3 is 2.88 bits per heavy atom. The second kappa shape index (κ2) is 5.40. The lowest BCUT2D eigenvalue weighted by molar-refractivity contribution is 0.501. The average Bonchev–Trinajstić information content (AvgIpc) is 2.67. The zero-order valence-electron chi connectivity index (χ0n) is 9.34. The van der Waals surface area contributed by atoms with Crippen LogP contribution < -0.4 is 0 Å². The zero-order chi connectivity index (χ0) is 11.4. The fraction of sp³-hybridized carbons (Fsp3) is 0.357. The van der Waals surface area contributed by atoms with Gasteiger partial charge in [0.1, 0.15) is 5.76 Å². The van der Waals surface area contributed by atoms with Gasteiger partial charge in [0.2, 0.25) is 0 Å². The van der Waals surface area contributed by atoms with E-state index in [1.54, 1.807) is 6.26 Å². The van der Waals surface area contributed by atoms with Crippen molar-refractivity contribution < 1.29 is 4.42 Å². The molecular weight excluding hydrogens is 220 g/mol. The Kier molecular flexibility index (Phi) is 3.89. The number of hydrogen-bond acceptors (Lipinski definition) is 1. The summed E-state index contributed by atoms with van der Waals surface area (Å²) < 4.78 is 5.58. The van der Waals surface area contributed by atoms with Crippen LogP contribution in [-0.4, -0.2) is 0 Å². The van der Waals surface area contributed by atoms with Gasteiger partial charge in [-0.25, -0.2) is 0 Å². The van der Waals surface area contributed by atoms with Gasteiger partial charge in [-0.2, -0.15) is 0 Å². The van der Waals surface area contributed by atoms with Crippen molar-refractivity contribution in [1.82, 2.24) is 0 Å². The number of unbranched alkanes of at least 4 members (excludes halogenated alkanes) is 3. The Balaban J connectivity index is 2.07. The summed E-state index contributed by atoms with van der Waals surface area (Å²) in [7, 11) is 0. The van der Waals surface area contributed by atoms with Crippen LogP contribution in [0.3, 0.4) is 0 Å². The van der Waals surface area contributed by atoms with Gasteiger partial charge in [-0.15, -0.1) is 0 Å². The van der Waals surface area contributed by atoms with Crippen molar-refractivity contribution in [3.63, 3.8) is 0 Å². The first-order valence-corrected chi connectivity index (χ1v) is 6.14. The van der Waals surface area contributed by atoms with Gasteiger partial charge in [0.25, 0.3) is 0 Å². The molecule has 0 amide bonds. The van der Waals surface area contributed by atoms with E-state index in [9.17, 15) is 0 Å². The maximum absolute atomic E-state index is 5.92. The Labute approximate surface area is 101 Å². The van der Waals surface area contributed by atoms with Crippen molar-refractivity contribution in [3.8, 4) is 0 Å². The second-order valence-electron chi connectivity index (χ2n) is 4.05. The van der Waals surface area contributed by atoms with Crippen LogP contribution in [0.1, 0.15) is 31.4 Å². The maximum Gasteiger partial charge on any atom is 0.111 e. The molecule has 0 atom stereocenters. The first kappa shape index (κ1) is 11.5. The predicted octanol–water partition coefficient (Wildman–Crippen LogP) is 5.02. The smallest absolute Gasteiger partial charge is 0.111 e. The summed E-state index contributed by atoms with van der Waals surface area (Å²) >= 11 is 5.92. The largest absolute Gasteiger partial charge is 0.468 e. The molecule has 2 heteroatoms. The van der Waals surface area contributed by atoms with Crippen molar-refractivity contribution in [2.75, 3.05) is 0 Å². The van der Waals surface area contributed by atoms with E-state index in [0.29, 0.717) is 0 Å². The quantitative estimate of drug-likeness (QED) is 0.663. The topological polar surface area (TPSA) is 13.1 Å². The summed E-state index contributed by atoms with van der Waals surface area (Å²) in [4.78, 5) is 0. The van der Waals surface area contributed by atoms with E-state index in [1.807, 2.05) is 18.2 Å². The van der Waals surface area contributed by atoms with Crippen LogP contribution >= 0.6 is 11.6 Å². The first-order valence-electron chi connectivity index (χ1n) is 5.76. The molecule has 16 heavy (non-hydrogen) atoms. The van der Waals surface area contributed by atoms with Crippen LogP contribution in [0.2, 0.25) is 5.02 Å². The lowest BCUT2D eigenvalue weighted by Gasteiger charge is -1.98. The highest BCUT2D eigenvalue weighted by molar-refractivity contribution is 6.31. The Bertz CT molecular complexity index is 459. The van der Waals surface area contributed by atoms with Crippen molar-refractivity contribution in [2.45, 2.75) is 32.1 Å². The molecule has 0 aliphatic heterocycles. The van der Waals surface area contributed by atoms with E-state index in [0.717, 1.165) is 29.0 Å². The average molecular weight is 236 g/mol. The highest BCUT2D eigenvalue weighted by Gasteiger charge is 2.05. The molecule has 85 valence electrons. The van der Waals surface area contributed by atoms with Gasteiger partial charge in [0, 0.05) is 22.2 Å². The third-order valence-corrected chi connectivity index (χ3v) is 3.03. The normalized spacial score (nSPS) is 11.1. The molecule has 2 rings (SSSR count). The third kappa shape index (κ3) is 2.59. The van der Waals surface area contributed by atoms with Crippen molar-refractivity contribution in [3.05, 3.63) is 42.2 Å². The van der Waals surface area contributed by atoms with Crippen LogP contribution in [0, 0.1) is 6.92 Å². The summed E-state index contributed by atoms with van der Waals surface area (Å²) in [6, 6.07) is 5.90. The highest BCUT2D eigenvalue weighted by atomic mass is 35.5. The zero-order valence-corrected chi connectivity index (χ0v) is 10.1. The summed E-state index contributed by atoms with van der Waals surface area (Å²) in [5.41, 5.74) is 0. The number of aryl methyl sites for hydroxylation is 1. The van der Waals surface area contributed by atoms with Gasteiger partial charge in [-0.05, 0) is 24.6 Å². The molecule has 1 aromatic heterocycles. The van der Waals surface area contributed by atoms with Gasteiger partial charge in [0.05, 0.1) is 6.26 Å². The second-order valence-corrected chi connectivity index (χ2v) is 4.49. The summed E-state index contributed by atoms with van der Waals surface area (Å²) in [5.74, 6) is 1.08. The Morgan fingerprint density at radius 2 is 2.06 bits per heavy atom. The molecule has 0 bridgehead atoms. The number of fused-ring (bicyclic) bond motifs is 1. The van der Waals surface area contributed by atoms with Crippen LogP contribution in [0.4, 0.5) is 0 Å². The van der Waals surface area contributed by atoms with Crippen LogP contribution in [0.15, 0.2) is 28.9 Å². The van der Waals surface area contributed by atoms with E-state index >= 15 is 0 Å². The van der Waals surface area contributed by atoms with Crippen LogP contribution in [0.5, 0.6) is 0 Å². The van der Waals surface area contributed by atoms with Crippen molar-refractivity contribution in [2.24, 2.45) is 0 Å². The number of benzene rings is 1. The third-order valence-electron chi connectivity index (χ3n) is 2.80. The molecule has 0 N–H and O–H groups in total. The minimum atomic E-state index is 0.761. The molecule has 0 spiro atoms. The minimum Gasteiger partial charge on any atom is -0.468 e. The standard InChI is InChI=1S/C14H16ClO/c1-2-3-4-5-6-14-13-8-7-12(15)9-11(13)10-16-14/h7-10H,1-6H2. The van der Waals surface area contributed by atoms with E-state index in [-0.39, 0.29) is 0 Å². The van der Waals surface area contributed by atoms with Crippen LogP contribution in [-0.2, 0) is 6.42 Å². The minimum absolute atomic E-state index is 0.761. The van der Waals surface area contributed by atoms with Gasteiger partial charge in [-0.1, -0.05) is 37.8 Å². The summed E-state index contributed by atoms with van der Waals surface area (Å²) in [5, 5.41) is 3.05. The van der Waals surface area contributed by atoms with Gasteiger partial charge < -0.3 is 4.42 Å². The van der Waals surface area contributed by atoms with E-state index < -0.39 is 0 Å². The molecule has 2 aromatic rings. The van der Waals surface area contributed by atoms with E-state index in [4.69, 9.17) is 16.0 Å². The molecular formula is C14H16ClO. The van der Waals surface area contributed by atoms with Crippen LogP contribution in [0.25, 0.3) is 10.8 Å². The molecule has 0 fully saturated rings. The van der Waals surface area contributed by atoms with Crippen molar-refractivity contribution in [1.29, 1.82) is 0 Å². The van der Waals surface area contributed by atoms with Crippen molar-refractivity contribution >= 4 is 22.4 Å². The molecule has 0 saturated carbocycles. The van der Waals surface area contributed by atoms with E-state index in [1.165, 1.54) is 24.6 Å². The van der Waals surface area contributed by atoms with Gasteiger partial charge in [0.15, 0.2) is 0 Å². The SMILES string of the molecule is [CH2]CCCCCc1occ2cc(Cl)ccc12. The van der Waals surface area contributed by atoms with Gasteiger partial charge >= 0.3 is 0 Å². The molecule has 0 saturated heterocycles. The number of halogens is 1. The fourth-order valence-electron chi connectivity index (χ4n) is 1.92. The molecule has 1 aromatic carbocycles. The number of furan rings is 1.